The van der Waals surface area contributed by atoms with Crippen molar-refractivity contribution in [2.24, 2.45) is 0 Å². The van der Waals surface area contributed by atoms with E-state index in [1.54, 1.807) is 18.4 Å². The van der Waals surface area contributed by atoms with E-state index in [1.807, 2.05) is 24.3 Å². The number of fused-ring (bicyclic) bond motifs is 2. The quantitative estimate of drug-likeness (QED) is 0.424. The van der Waals surface area contributed by atoms with Gasteiger partial charge in [0.15, 0.2) is 5.36 Å². The number of aryl methyl sites for hydroxylation is 2. The van der Waals surface area contributed by atoms with Crippen LogP contribution in [-0.2, 0) is 0 Å². The highest BCUT2D eigenvalue weighted by molar-refractivity contribution is 7.21. The van der Waals surface area contributed by atoms with Gasteiger partial charge in [0.05, 0.1) is 7.11 Å². The van der Waals surface area contributed by atoms with Crippen LogP contribution in [0.5, 0.6) is 5.75 Å². The van der Waals surface area contributed by atoms with E-state index in [-0.39, 0.29) is 0 Å². The van der Waals surface area contributed by atoms with Crippen LogP contribution < -0.4 is 21.2 Å². The van der Waals surface area contributed by atoms with Crippen molar-refractivity contribution in [1.29, 1.82) is 0 Å². The molecular weight excluding hydrogens is 340 g/mol. The summed E-state index contributed by atoms with van der Waals surface area (Å²) in [6.07, 6.45) is 0. The van der Waals surface area contributed by atoms with Gasteiger partial charge in [0, 0.05) is 38.3 Å². The summed E-state index contributed by atoms with van der Waals surface area (Å²) in [5.74, 6) is 0.939. The zero-order chi connectivity index (χ0) is 18.4. The molecule has 2 aromatic rings. The number of nitrogen functional groups attached to an aromatic ring is 1. The molecule has 130 valence electrons. The van der Waals surface area contributed by atoms with Crippen molar-refractivity contribution in [2.75, 3.05) is 12.8 Å². The van der Waals surface area contributed by atoms with Gasteiger partial charge in [-0.3, -0.25) is 5.41 Å². The first-order chi connectivity index (χ1) is 12.5. The van der Waals surface area contributed by atoms with E-state index in [0.29, 0.717) is 0 Å². The maximum atomic E-state index is 6.04. The Balaban J connectivity index is 2.15. The van der Waals surface area contributed by atoms with Crippen LogP contribution in [0.25, 0.3) is 31.7 Å². The molecule has 2 aromatic carbocycles. The number of hydrogen-bond acceptors (Lipinski definition) is 3. The van der Waals surface area contributed by atoms with Crippen molar-refractivity contribution in [1.82, 2.24) is 0 Å². The lowest BCUT2D eigenvalue weighted by Gasteiger charge is -2.18. The predicted molar refractivity (Wildman–Crippen MR) is 109 cm³/mol. The van der Waals surface area contributed by atoms with Crippen molar-refractivity contribution < 1.29 is 10.1 Å². The summed E-state index contributed by atoms with van der Waals surface area (Å²) >= 11 is 1.72. The number of anilines is 1. The van der Waals surface area contributed by atoms with E-state index in [4.69, 9.17) is 15.9 Å². The molecule has 0 aromatic heterocycles. The fraction of sp³-hybridized carbons (Fsp3) is 0.136. The molecule has 0 atom stereocenters. The fourth-order valence-electron chi connectivity index (χ4n) is 3.65. The Morgan fingerprint density at radius 2 is 1.69 bits per heavy atom. The molecule has 1 aliphatic heterocycles. The molecule has 1 heterocycles. The Morgan fingerprint density at radius 3 is 2.38 bits per heavy atom. The number of methoxy groups -OCH3 is 1. The molecule has 0 amide bonds. The van der Waals surface area contributed by atoms with Gasteiger partial charge >= 0.3 is 0 Å². The van der Waals surface area contributed by atoms with Gasteiger partial charge in [0.25, 0.3) is 0 Å². The van der Waals surface area contributed by atoms with Crippen molar-refractivity contribution in [3.05, 3.63) is 65.0 Å². The maximum absolute atomic E-state index is 6.04. The second kappa shape index (κ2) is 6.15. The summed E-state index contributed by atoms with van der Waals surface area (Å²) in [7, 11) is 1.72. The number of ether oxygens (including phenoxy) is 1. The average Bonchev–Trinajstić information content (AvgIpc) is 2.59. The third-order valence-electron chi connectivity index (χ3n) is 4.72. The first kappa shape index (κ1) is 16.6. The Bertz CT molecular complexity index is 1150. The lowest BCUT2D eigenvalue weighted by atomic mass is 9.92. The summed E-state index contributed by atoms with van der Waals surface area (Å²) < 4.78 is 6.70. The smallest absolute Gasteiger partial charge is 0.198 e. The molecule has 0 unspecified atom stereocenters. The molecule has 4 heteroatoms. The minimum Gasteiger partial charge on any atom is -0.496 e. The molecule has 0 radical (unpaired) electrons. The number of hydrogen-bond donors (Lipinski definition) is 2. The molecule has 1 aliphatic carbocycles. The molecule has 3 nitrogen and oxygen atoms in total. The molecule has 4 N–H and O–H groups in total. The van der Waals surface area contributed by atoms with E-state index >= 15 is 0 Å². The van der Waals surface area contributed by atoms with Crippen LogP contribution in [0.4, 0.5) is 5.69 Å². The average molecular weight is 361 g/mol. The molecule has 0 spiro atoms. The highest BCUT2D eigenvalue weighted by Crippen LogP contribution is 2.44. The van der Waals surface area contributed by atoms with Crippen molar-refractivity contribution in [3.8, 4) is 27.3 Å². The summed E-state index contributed by atoms with van der Waals surface area (Å²) in [5.41, 5.74) is 12.6. The normalized spacial score (nSPS) is 11.2. The van der Waals surface area contributed by atoms with Crippen LogP contribution in [0.15, 0.2) is 48.5 Å². The van der Waals surface area contributed by atoms with E-state index in [1.165, 1.54) is 22.1 Å². The third kappa shape index (κ3) is 2.63. The lowest BCUT2D eigenvalue weighted by molar-refractivity contribution is -0.172. The SMILES string of the molecule is COc1c(C)cc(-c2c3ccc(=[NH2+])cc-3sc3cc(N)ccc23)cc1C. The molecular formula is C22H21N2OS+. The zero-order valence-electron chi connectivity index (χ0n) is 15.1. The van der Waals surface area contributed by atoms with Crippen LogP contribution in [0.3, 0.4) is 0 Å². The molecule has 0 fully saturated rings. The van der Waals surface area contributed by atoms with E-state index in [0.717, 1.165) is 37.5 Å². The molecule has 0 bridgehead atoms. The Hall–Kier alpha value is -2.85. The lowest BCUT2D eigenvalue weighted by Crippen LogP contribution is -2.44. The maximum Gasteiger partial charge on any atom is 0.198 e. The molecule has 26 heavy (non-hydrogen) atoms. The minimum atomic E-state index is 0.769. The highest BCUT2D eigenvalue weighted by atomic mass is 32.1. The molecule has 2 aliphatic rings. The van der Waals surface area contributed by atoms with Gasteiger partial charge in [0.2, 0.25) is 0 Å². The standard InChI is InChI=1S/C22H20N2OS/c1-12-8-14(9-13(2)22(12)25-3)21-17-6-4-15(23)10-19(17)26-20-11-16(24)5-7-18(20)21/h4-11,23H,24H2,1-3H3/p+1. The molecule has 0 saturated heterocycles. The van der Waals surface area contributed by atoms with E-state index in [2.05, 4.69) is 38.1 Å². The van der Waals surface area contributed by atoms with Crippen molar-refractivity contribution in [2.45, 2.75) is 13.8 Å². The fourth-order valence-corrected chi connectivity index (χ4v) is 4.84. The second-order valence-corrected chi connectivity index (χ2v) is 7.72. The molecule has 0 saturated carbocycles. The van der Waals surface area contributed by atoms with Gasteiger partial charge in [-0.25, -0.2) is 0 Å². The first-order valence-corrected chi connectivity index (χ1v) is 9.30. The van der Waals surface area contributed by atoms with Gasteiger partial charge in [-0.2, -0.15) is 0 Å². The van der Waals surface area contributed by atoms with Gasteiger partial charge in [-0.05, 0) is 66.4 Å². The summed E-state index contributed by atoms with van der Waals surface area (Å²) in [6, 6.07) is 16.6. The highest BCUT2D eigenvalue weighted by Gasteiger charge is 2.17. The second-order valence-electron chi connectivity index (χ2n) is 6.63. The summed E-state index contributed by atoms with van der Waals surface area (Å²) in [5, 5.41) is 8.01. The van der Waals surface area contributed by atoms with Crippen LogP contribution in [0.2, 0.25) is 0 Å². The van der Waals surface area contributed by atoms with Crippen LogP contribution in [0.1, 0.15) is 11.1 Å². The van der Waals surface area contributed by atoms with Crippen LogP contribution in [0, 0.1) is 13.8 Å². The van der Waals surface area contributed by atoms with Gasteiger partial charge in [-0.15, -0.1) is 11.3 Å². The van der Waals surface area contributed by atoms with Crippen molar-refractivity contribution >= 4 is 27.1 Å². The minimum absolute atomic E-state index is 0.769. The molecule has 4 rings (SSSR count). The first-order valence-electron chi connectivity index (χ1n) is 8.48. The van der Waals surface area contributed by atoms with Gasteiger partial charge < -0.3 is 10.5 Å². The van der Waals surface area contributed by atoms with Crippen LogP contribution >= 0.6 is 11.3 Å². The summed E-state index contributed by atoms with van der Waals surface area (Å²) in [4.78, 5) is 1.16. The predicted octanol–water partition coefficient (Wildman–Crippen LogP) is 3.54. The number of benzene rings is 3. The Morgan fingerprint density at radius 1 is 0.962 bits per heavy atom. The largest absolute Gasteiger partial charge is 0.496 e. The zero-order valence-corrected chi connectivity index (χ0v) is 15.9. The third-order valence-corrected chi connectivity index (χ3v) is 5.84. The van der Waals surface area contributed by atoms with E-state index in [9.17, 15) is 0 Å². The number of nitrogens with two attached hydrogens (primary N) is 2. The van der Waals surface area contributed by atoms with Crippen LogP contribution in [-0.4, -0.2) is 7.11 Å². The van der Waals surface area contributed by atoms with Gasteiger partial charge in [0.1, 0.15) is 5.75 Å². The number of rotatable bonds is 2. The van der Waals surface area contributed by atoms with Crippen molar-refractivity contribution in [3.63, 3.8) is 0 Å². The topological polar surface area (TPSA) is 60.8 Å². The summed E-state index contributed by atoms with van der Waals surface area (Å²) in [6.45, 7) is 4.17. The van der Waals surface area contributed by atoms with E-state index < -0.39 is 0 Å². The van der Waals surface area contributed by atoms with Gasteiger partial charge in [-0.1, -0.05) is 6.07 Å². The Labute approximate surface area is 156 Å². The monoisotopic (exact) mass is 361 g/mol. The Kier molecular flexibility index (Phi) is 3.93.